The number of nitrogens with zero attached hydrogens (tertiary/aromatic N) is 2. The number of carbonyl (C=O) groups excluding carboxylic acids is 2. The Balaban J connectivity index is 2.15. The molecule has 146 valence electrons. The molecular formula is C24H28N2O2. The predicted molar refractivity (Wildman–Crippen MR) is 113 cm³/mol. The molecule has 0 spiro atoms. The molecule has 0 aromatic heterocycles. The maximum atomic E-state index is 12.6. The zero-order valence-electron chi connectivity index (χ0n) is 16.7. The van der Waals surface area contributed by atoms with Gasteiger partial charge in [0.15, 0.2) is 0 Å². The molecule has 2 amide bonds. The molecule has 28 heavy (non-hydrogen) atoms. The Morgan fingerprint density at radius 1 is 0.679 bits per heavy atom. The summed E-state index contributed by atoms with van der Waals surface area (Å²) < 4.78 is 0. The van der Waals surface area contributed by atoms with Gasteiger partial charge in [0.25, 0.3) is 0 Å². The molecule has 0 saturated carbocycles. The first-order chi connectivity index (χ1) is 13.4. The van der Waals surface area contributed by atoms with Gasteiger partial charge in [0.05, 0.1) is 0 Å². The maximum absolute atomic E-state index is 12.6. The standard InChI is InChI=1S/C24H28N2O2/c1-19(2)23(27)25(17-21-11-7-5-8-12-21)15-16-26(24(28)20(3)4)18-22-13-9-6-10-14-22/h5-14H,1,3,15-18H2,2,4H3. The summed E-state index contributed by atoms with van der Waals surface area (Å²) in [4.78, 5) is 28.7. The predicted octanol–water partition coefficient (Wildman–Crippen LogP) is 4.20. The summed E-state index contributed by atoms with van der Waals surface area (Å²) in [5.74, 6) is -0.211. The van der Waals surface area contributed by atoms with E-state index >= 15 is 0 Å². The minimum absolute atomic E-state index is 0.105. The van der Waals surface area contributed by atoms with Crippen LogP contribution in [-0.2, 0) is 22.7 Å². The van der Waals surface area contributed by atoms with Gasteiger partial charge in [0.1, 0.15) is 0 Å². The summed E-state index contributed by atoms with van der Waals surface area (Å²) in [6, 6.07) is 19.6. The Bertz CT molecular complexity index is 757. The molecule has 0 N–H and O–H groups in total. The highest BCUT2D eigenvalue weighted by Gasteiger charge is 2.19. The lowest BCUT2D eigenvalue weighted by Gasteiger charge is -2.28. The van der Waals surface area contributed by atoms with E-state index in [2.05, 4.69) is 13.2 Å². The lowest BCUT2D eigenvalue weighted by molar-refractivity contribution is -0.131. The maximum Gasteiger partial charge on any atom is 0.249 e. The van der Waals surface area contributed by atoms with Crippen LogP contribution in [0.4, 0.5) is 0 Å². The highest BCUT2D eigenvalue weighted by molar-refractivity contribution is 5.93. The molecule has 0 heterocycles. The summed E-state index contributed by atoms with van der Waals surface area (Å²) in [5.41, 5.74) is 3.05. The normalized spacial score (nSPS) is 10.2. The molecule has 4 heteroatoms. The van der Waals surface area contributed by atoms with Crippen LogP contribution in [0.3, 0.4) is 0 Å². The fraction of sp³-hybridized carbons (Fsp3) is 0.250. The van der Waals surface area contributed by atoms with Crippen LogP contribution in [0.25, 0.3) is 0 Å². The Labute approximate surface area is 167 Å². The van der Waals surface area contributed by atoms with Crippen molar-refractivity contribution in [3.63, 3.8) is 0 Å². The van der Waals surface area contributed by atoms with Crippen molar-refractivity contribution in [2.24, 2.45) is 0 Å². The third-order valence-corrected chi connectivity index (χ3v) is 4.38. The van der Waals surface area contributed by atoms with Gasteiger partial charge in [-0.3, -0.25) is 9.59 Å². The number of carbonyl (C=O) groups is 2. The molecule has 0 aliphatic rings. The zero-order chi connectivity index (χ0) is 20.5. The summed E-state index contributed by atoms with van der Waals surface area (Å²) in [6.45, 7) is 12.8. The van der Waals surface area contributed by atoms with Crippen molar-refractivity contribution >= 4 is 11.8 Å². The minimum atomic E-state index is -0.105. The Morgan fingerprint density at radius 2 is 1.00 bits per heavy atom. The molecule has 0 saturated heterocycles. The second-order valence-corrected chi connectivity index (χ2v) is 6.99. The van der Waals surface area contributed by atoms with Gasteiger partial charge in [0.2, 0.25) is 11.8 Å². The first-order valence-electron chi connectivity index (χ1n) is 9.36. The van der Waals surface area contributed by atoms with Crippen molar-refractivity contribution in [2.75, 3.05) is 13.1 Å². The van der Waals surface area contributed by atoms with Crippen molar-refractivity contribution < 1.29 is 9.59 Å². The quantitative estimate of drug-likeness (QED) is 0.616. The van der Waals surface area contributed by atoms with Crippen LogP contribution >= 0.6 is 0 Å². The minimum Gasteiger partial charge on any atom is -0.333 e. The van der Waals surface area contributed by atoms with Gasteiger partial charge < -0.3 is 9.80 Å². The van der Waals surface area contributed by atoms with E-state index in [0.717, 1.165) is 11.1 Å². The highest BCUT2D eigenvalue weighted by atomic mass is 16.2. The zero-order valence-corrected chi connectivity index (χ0v) is 16.7. The van der Waals surface area contributed by atoms with E-state index < -0.39 is 0 Å². The van der Waals surface area contributed by atoms with Gasteiger partial charge in [-0.25, -0.2) is 0 Å². The smallest absolute Gasteiger partial charge is 0.249 e. The van der Waals surface area contributed by atoms with E-state index in [9.17, 15) is 9.59 Å². The van der Waals surface area contributed by atoms with Gasteiger partial charge in [-0.15, -0.1) is 0 Å². The average Bonchev–Trinajstić information content (AvgIpc) is 2.70. The second kappa shape index (κ2) is 10.3. The van der Waals surface area contributed by atoms with Crippen LogP contribution in [0.2, 0.25) is 0 Å². The molecule has 0 radical (unpaired) electrons. The Hall–Kier alpha value is -3.14. The molecule has 2 rings (SSSR count). The number of rotatable bonds is 9. The molecule has 2 aromatic rings. The van der Waals surface area contributed by atoms with Crippen molar-refractivity contribution in [3.05, 3.63) is 96.1 Å². The third kappa shape index (κ3) is 6.23. The van der Waals surface area contributed by atoms with Crippen LogP contribution in [0, 0.1) is 0 Å². The van der Waals surface area contributed by atoms with Gasteiger partial charge >= 0.3 is 0 Å². The van der Waals surface area contributed by atoms with Crippen molar-refractivity contribution in [1.82, 2.24) is 9.80 Å². The van der Waals surface area contributed by atoms with E-state index in [-0.39, 0.29) is 11.8 Å². The molecule has 0 unspecified atom stereocenters. The van der Waals surface area contributed by atoms with Crippen LogP contribution in [-0.4, -0.2) is 34.7 Å². The van der Waals surface area contributed by atoms with Gasteiger partial charge in [-0.2, -0.15) is 0 Å². The summed E-state index contributed by atoms with van der Waals surface area (Å²) in [5, 5.41) is 0. The first-order valence-corrected chi connectivity index (χ1v) is 9.36. The van der Waals surface area contributed by atoms with Gasteiger partial charge in [-0.05, 0) is 25.0 Å². The molecule has 0 aliphatic carbocycles. The number of hydrogen-bond acceptors (Lipinski definition) is 2. The lowest BCUT2D eigenvalue weighted by Crippen LogP contribution is -2.41. The molecule has 0 atom stereocenters. The number of benzene rings is 2. The fourth-order valence-corrected chi connectivity index (χ4v) is 2.89. The van der Waals surface area contributed by atoms with Crippen LogP contribution in [0.1, 0.15) is 25.0 Å². The number of amides is 2. The van der Waals surface area contributed by atoms with Crippen LogP contribution in [0.15, 0.2) is 85.0 Å². The van der Waals surface area contributed by atoms with E-state index in [1.807, 2.05) is 60.7 Å². The van der Waals surface area contributed by atoms with E-state index in [1.54, 1.807) is 23.6 Å². The summed E-state index contributed by atoms with van der Waals surface area (Å²) in [7, 11) is 0. The monoisotopic (exact) mass is 376 g/mol. The summed E-state index contributed by atoms with van der Waals surface area (Å²) >= 11 is 0. The topological polar surface area (TPSA) is 40.6 Å². The lowest BCUT2D eigenvalue weighted by atomic mass is 10.1. The van der Waals surface area contributed by atoms with E-state index in [1.165, 1.54) is 0 Å². The van der Waals surface area contributed by atoms with E-state index in [4.69, 9.17) is 0 Å². The first kappa shape index (κ1) is 21.2. The largest absolute Gasteiger partial charge is 0.333 e. The second-order valence-electron chi connectivity index (χ2n) is 6.99. The third-order valence-electron chi connectivity index (χ3n) is 4.38. The van der Waals surface area contributed by atoms with Gasteiger partial charge in [-0.1, -0.05) is 73.8 Å². The molecule has 2 aromatic carbocycles. The molecule has 0 aliphatic heterocycles. The SMILES string of the molecule is C=C(C)C(=O)N(CCN(Cc1ccccc1)C(=O)C(=C)C)Cc1ccccc1. The van der Waals surface area contributed by atoms with Crippen molar-refractivity contribution in [3.8, 4) is 0 Å². The fourth-order valence-electron chi connectivity index (χ4n) is 2.89. The highest BCUT2D eigenvalue weighted by Crippen LogP contribution is 2.11. The molecule has 0 fully saturated rings. The molecular weight excluding hydrogens is 348 g/mol. The van der Waals surface area contributed by atoms with Crippen molar-refractivity contribution in [1.29, 1.82) is 0 Å². The van der Waals surface area contributed by atoms with Crippen molar-refractivity contribution in [2.45, 2.75) is 26.9 Å². The molecule has 0 bridgehead atoms. The van der Waals surface area contributed by atoms with E-state index in [0.29, 0.717) is 37.3 Å². The Kier molecular flexibility index (Phi) is 7.76. The van der Waals surface area contributed by atoms with Crippen LogP contribution < -0.4 is 0 Å². The average molecular weight is 377 g/mol. The Morgan fingerprint density at radius 3 is 1.29 bits per heavy atom. The number of hydrogen-bond donors (Lipinski definition) is 0. The summed E-state index contributed by atoms with van der Waals surface area (Å²) in [6.07, 6.45) is 0. The molecule has 4 nitrogen and oxygen atoms in total. The van der Waals surface area contributed by atoms with Gasteiger partial charge in [0, 0.05) is 37.3 Å². The van der Waals surface area contributed by atoms with Crippen LogP contribution in [0.5, 0.6) is 0 Å².